The van der Waals surface area contributed by atoms with Crippen molar-refractivity contribution in [1.82, 2.24) is 20.1 Å². The van der Waals surface area contributed by atoms with Crippen molar-refractivity contribution in [2.24, 2.45) is 7.05 Å². The lowest BCUT2D eigenvalue weighted by molar-refractivity contribution is 0.546. The third-order valence-electron chi connectivity index (χ3n) is 3.17. The molecule has 0 saturated carbocycles. The number of nitrogens with zero attached hydrogens (tertiary/aromatic N) is 3. The molecule has 1 atom stereocenters. The molecule has 0 aliphatic carbocycles. The number of nitrogens with one attached hydrogen (secondary N) is 1. The Morgan fingerprint density at radius 2 is 2.15 bits per heavy atom. The topological polar surface area (TPSA) is 42.7 Å². The van der Waals surface area contributed by atoms with Crippen molar-refractivity contribution in [2.75, 3.05) is 7.05 Å². The smallest absolute Gasteiger partial charge is 0.0847 e. The van der Waals surface area contributed by atoms with Gasteiger partial charge in [-0.15, -0.1) is 0 Å². The first kappa shape index (κ1) is 15.9. The molecule has 4 nitrogen and oxygen atoms in total. The van der Waals surface area contributed by atoms with E-state index >= 15 is 0 Å². The molecule has 0 aliphatic heterocycles. The normalized spacial score (nSPS) is 12.7. The number of hydrogen-bond donors (Lipinski definition) is 1. The zero-order chi connectivity index (χ0) is 14.9. The third kappa shape index (κ3) is 3.24. The van der Waals surface area contributed by atoms with Crippen LogP contribution in [0.15, 0.2) is 21.2 Å². The van der Waals surface area contributed by atoms with Crippen molar-refractivity contribution in [2.45, 2.75) is 19.4 Å². The number of aryl methyl sites for hydroxylation is 2. The maximum absolute atomic E-state index is 6.32. The Hall–Kier alpha value is -0.430. The summed E-state index contributed by atoms with van der Waals surface area (Å²) < 4.78 is 3.73. The van der Waals surface area contributed by atoms with E-state index in [9.17, 15) is 0 Å². The highest BCUT2D eigenvalue weighted by molar-refractivity contribution is 9.11. The van der Waals surface area contributed by atoms with Gasteiger partial charge in [0.2, 0.25) is 0 Å². The van der Waals surface area contributed by atoms with E-state index in [2.05, 4.69) is 47.3 Å². The highest BCUT2D eigenvalue weighted by Crippen LogP contribution is 2.29. The third-order valence-corrected chi connectivity index (χ3v) is 4.73. The molecule has 0 fully saturated rings. The molecule has 1 N–H and O–H groups in total. The number of likely N-dealkylation sites (N-methyl/N-ethyl adjacent to an activating group) is 1. The maximum atomic E-state index is 6.32. The van der Waals surface area contributed by atoms with Crippen LogP contribution in [0.2, 0.25) is 5.02 Å². The van der Waals surface area contributed by atoms with Crippen molar-refractivity contribution in [3.63, 3.8) is 0 Å². The summed E-state index contributed by atoms with van der Waals surface area (Å²) >= 11 is 13.3. The molecule has 0 bridgehead atoms. The first-order valence-corrected chi connectivity index (χ1v) is 8.06. The standard InChI is InChI=1S/C13H15Br2ClN4/c1-7-12(16)11(20(3)19-7)5-10(17-2)13-9(15)4-8(14)6-18-13/h4,6,10,17H,5H2,1-3H3. The van der Waals surface area contributed by atoms with Crippen molar-refractivity contribution in [1.29, 1.82) is 0 Å². The summed E-state index contributed by atoms with van der Waals surface area (Å²) in [7, 11) is 3.82. The van der Waals surface area contributed by atoms with Crippen molar-refractivity contribution in [3.8, 4) is 0 Å². The number of halogens is 3. The number of pyridine rings is 1. The molecule has 1 unspecified atom stereocenters. The van der Waals surface area contributed by atoms with Crippen molar-refractivity contribution in [3.05, 3.63) is 43.3 Å². The summed E-state index contributed by atoms with van der Waals surface area (Å²) in [6, 6.07) is 2.05. The molecule has 7 heteroatoms. The second-order valence-electron chi connectivity index (χ2n) is 4.54. The molecule has 20 heavy (non-hydrogen) atoms. The average Bonchev–Trinajstić information content (AvgIpc) is 2.62. The van der Waals surface area contributed by atoms with Crippen LogP contribution in [0.4, 0.5) is 0 Å². The Morgan fingerprint density at radius 1 is 1.45 bits per heavy atom. The molecule has 0 aromatic carbocycles. The second kappa shape index (κ2) is 6.56. The molecule has 108 valence electrons. The van der Waals surface area contributed by atoms with E-state index in [1.165, 1.54) is 0 Å². The highest BCUT2D eigenvalue weighted by atomic mass is 79.9. The molecule has 0 radical (unpaired) electrons. The summed E-state index contributed by atoms with van der Waals surface area (Å²) in [6.45, 7) is 1.91. The van der Waals surface area contributed by atoms with Gasteiger partial charge in [0.15, 0.2) is 0 Å². The fourth-order valence-corrected chi connectivity index (χ4v) is 3.61. The van der Waals surface area contributed by atoms with E-state index in [1.54, 1.807) is 6.20 Å². The van der Waals surface area contributed by atoms with Gasteiger partial charge < -0.3 is 5.32 Å². The van der Waals surface area contributed by atoms with Gasteiger partial charge in [-0.2, -0.15) is 5.10 Å². The van der Waals surface area contributed by atoms with E-state index in [-0.39, 0.29) is 6.04 Å². The Labute approximate surface area is 140 Å². The molecule has 2 aromatic heterocycles. The van der Waals surface area contributed by atoms with Gasteiger partial charge >= 0.3 is 0 Å². The number of hydrogen-bond acceptors (Lipinski definition) is 3. The van der Waals surface area contributed by atoms with E-state index in [4.69, 9.17) is 11.6 Å². The summed E-state index contributed by atoms with van der Waals surface area (Å²) in [6.07, 6.45) is 2.51. The zero-order valence-electron chi connectivity index (χ0n) is 11.4. The predicted molar refractivity (Wildman–Crippen MR) is 88.1 cm³/mol. The maximum Gasteiger partial charge on any atom is 0.0847 e. The minimum absolute atomic E-state index is 0.0600. The largest absolute Gasteiger partial charge is 0.311 e. The molecule has 0 aliphatic rings. The van der Waals surface area contributed by atoms with Gasteiger partial charge in [0, 0.05) is 28.6 Å². The van der Waals surface area contributed by atoms with Gasteiger partial charge in [-0.3, -0.25) is 9.67 Å². The monoisotopic (exact) mass is 420 g/mol. The summed E-state index contributed by atoms with van der Waals surface area (Å²) in [5.74, 6) is 0. The highest BCUT2D eigenvalue weighted by Gasteiger charge is 2.20. The summed E-state index contributed by atoms with van der Waals surface area (Å²) in [5.41, 5.74) is 2.80. The minimum Gasteiger partial charge on any atom is -0.311 e. The van der Waals surface area contributed by atoms with Crippen LogP contribution >= 0.6 is 43.5 Å². The van der Waals surface area contributed by atoms with E-state index in [0.29, 0.717) is 0 Å². The minimum atomic E-state index is 0.0600. The Morgan fingerprint density at radius 3 is 2.65 bits per heavy atom. The fourth-order valence-electron chi connectivity index (χ4n) is 2.11. The van der Waals surface area contributed by atoms with Crippen molar-refractivity contribution < 1.29 is 0 Å². The van der Waals surface area contributed by atoms with Gasteiger partial charge in [0.1, 0.15) is 0 Å². The molecular weight excluding hydrogens is 407 g/mol. The van der Waals surface area contributed by atoms with E-state index in [1.807, 2.05) is 31.8 Å². The van der Waals surface area contributed by atoms with Gasteiger partial charge in [-0.05, 0) is 51.9 Å². The first-order chi connectivity index (χ1) is 9.43. The van der Waals surface area contributed by atoms with Crippen molar-refractivity contribution >= 4 is 43.5 Å². The molecule has 2 rings (SSSR count). The summed E-state index contributed by atoms with van der Waals surface area (Å²) in [5, 5.41) is 8.35. The van der Waals surface area contributed by atoms with Gasteiger partial charge in [-0.25, -0.2) is 0 Å². The van der Waals surface area contributed by atoms with E-state index in [0.717, 1.165) is 37.5 Å². The van der Waals surface area contributed by atoms with E-state index < -0.39 is 0 Å². The number of aromatic nitrogens is 3. The molecule has 2 aromatic rings. The first-order valence-electron chi connectivity index (χ1n) is 6.10. The average molecular weight is 423 g/mol. The van der Waals surface area contributed by atoms with Gasteiger partial charge in [0.25, 0.3) is 0 Å². The van der Waals surface area contributed by atoms with Crippen LogP contribution in [-0.4, -0.2) is 21.8 Å². The lowest BCUT2D eigenvalue weighted by Crippen LogP contribution is -2.22. The Kier molecular flexibility index (Phi) is 5.23. The molecule has 0 saturated heterocycles. The summed E-state index contributed by atoms with van der Waals surface area (Å²) in [4.78, 5) is 4.48. The van der Waals surface area contributed by atoms with Crippen LogP contribution in [0.25, 0.3) is 0 Å². The zero-order valence-corrected chi connectivity index (χ0v) is 15.3. The predicted octanol–water partition coefficient (Wildman–Crippen LogP) is 3.81. The lowest BCUT2D eigenvalue weighted by atomic mass is 10.1. The molecule has 0 amide bonds. The molecule has 0 spiro atoms. The second-order valence-corrected chi connectivity index (χ2v) is 6.68. The fraction of sp³-hybridized carbons (Fsp3) is 0.385. The van der Waals surface area contributed by atoms with Crippen LogP contribution in [0.5, 0.6) is 0 Å². The van der Waals surface area contributed by atoms with Gasteiger partial charge in [0.05, 0.1) is 28.1 Å². The van der Waals surface area contributed by atoms with Crippen LogP contribution in [0.1, 0.15) is 23.1 Å². The van der Waals surface area contributed by atoms with Crippen LogP contribution in [0.3, 0.4) is 0 Å². The molecular formula is C13H15Br2ClN4. The Bertz CT molecular complexity index is 627. The Balaban J connectivity index is 2.33. The lowest BCUT2D eigenvalue weighted by Gasteiger charge is -2.17. The van der Waals surface area contributed by atoms with Gasteiger partial charge in [-0.1, -0.05) is 11.6 Å². The number of rotatable bonds is 4. The molecule has 2 heterocycles. The van der Waals surface area contributed by atoms with Crippen LogP contribution < -0.4 is 5.32 Å². The van der Waals surface area contributed by atoms with Crippen LogP contribution in [-0.2, 0) is 13.5 Å². The van der Waals surface area contributed by atoms with Crippen LogP contribution in [0, 0.1) is 6.92 Å². The quantitative estimate of drug-likeness (QED) is 0.815. The SMILES string of the molecule is CNC(Cc1c(Cl)c(C)nn1C)c1ncc(Br)cc1Br.